The van der Waals surface area contributed by atoms with Crippen molar-refractivity contribution in [2.45, 2.75) is 31.5 Å². The van der Waals surface area contributed by atoms with E-state index in [0.717, 1.165) is 11.3 Å². The van der Waals surface area contributed by atoms with Crippen LogP contribution in [0.5, 0.6) is 0 Å². The molecule has 2 heterocycles. The molecule has 2 aliphatic heterocycles. The number of rotatable bonds is 6. The molecule has 12 heteroatoms. The molecular weight excluding hydrogens is 468 g/mol. The van der Waals surface area contributed by atoms with Crippen LogP contribution in [-0.4, -0.2) is 50.1 Å². The predicted molar refractivity (Wildman–Crippen MR) is 122 cm³/mol. The molecule has 2 aromatic carbocycles. The van der Waals surface area contributed by atoms with Crippen LogP contribution in [0, 0.1) is 0 Å². The number of sulfonamides is 1. The SMILES string of the molecule is CC1=C(C(=O)Nc2cccc(NS(C)(=O)=O)c2)C(=O)N2NC(C(F)F)C(c3ccccc3)C2N1. The van der Waals surface area contributed by atoms with Gasteiger partial charge >= 0.3 is 0 Å². The molecule has 1 fully saturated rings. The van der Waals surface area contributed by atoms with E-state index in [1.807, 2.05) is 0 Å². The van der Waals surface area contributed by atoms with Crippen LogP contribution in [0.2, 0.25) is 0 Å². The van der Waals surface area contributed by atoms with Crippen LogP contribution in [0.4, 0.5) is 20.2 Å². The van der Waals surface area contributed by atoms with Gasteiger partial charge in [-0.1, -0.05) is 36.4 Å². The Morgan fingerprint density at radius 1 is 1.09 bits per heavy atom. The first-order valence-corrected chi connectivity index (χ1v) is 12.2. The Bertz CT molecular complexity index is 1250. The van der Waals surface area contributed by atoms with Crippen molar-refractivity contribution in [2.24, 2.45) is 0 Å². The summed E-state index contributed by atoms with van der Waals surface area (Å²) in [7, 11) is -3.52. The number of alkyl halides is 2. The van der Waals surface area contributed by atoms with E-state index in [1.165, 1.54) is 31.2 Å². The first kappa shape index (κ1) is 23.6. The smallest absolute Gasteiger partial charge is 0.277 e. The van der Waals surface area contributed by atoms with E-state index in [-0.39, 0.29) is 22.6 Å². The Labute approximate surface area is 195 Å². The third-order valence-corrected chi connectivity index (χ3v) is 6.18. The lowest BCUT2D eigenvalue weighted by atomic mass is 9.89. The molecule has 0 radical (unpaired) electrons. The molecule has 3 unspecified atom stereocenters. The van der Waals surface area contributed by atoms with Crippen LogP contribution in [0.25, 0.3) is 0 Å². The van der Waals surface area contributed by atoms with Gasteiger partial charge in [0.15, 0.2) is 0 Å². The molecule has 180 valence electrons. The van der Waals surface area contributed by atoms with Gasteiger partial charge in [0.2, 0.25) is 10.0 Å². The van der Waals surface area contributed by atoms with E-state index in [9.17, 15) is 26.8 Å². The summed E-state index contributed by atoms with van der Waals surface area (Å²) in [6.07, 6.45) is -2.58. The molecule has 0 aliphatic carbocycles. The van der Waals surface area contributed by atoms with Crippen molar-refractivity contribution < 1.29 is 26.8 Å². The van der Waals surface area contributed by atoms with Crippen LogP contribution in [0.3, 0.4) is 0 Å². The number of hydrogen-bond acceptors (Lipinski definition) is 6. The molecule has 0 aromatic heterocycles. The number of carbonyl (C=O) groups excluding carboxylic acids is 2. The third-order valence-electron chi connectivity index (χ3n) is 5.57. The lowest BCUT2D eigenvalue weighted by Crippen LogP contribution is -2.56. The summed E-state index contributed by atoms with van der Waals surface area (Å²) in [6.45, 7) is 1.53. The lowest BCUT2D eigenvalue weighted by molar-refractivity contribution is -0.134. The maximum Gasteiger partial charge on any atom is 0.277 e. The molecular formula is C22H23F2N5O4S. The van der Waals surface area contributed by atoms with Crippen LogP contribution < -0.4 is 20.8 Å². The molecule has 4 rings (SSSR count). The van der Waals surface area contributed by atoms with Gasteiger partial charge < -0.3 is 10.6 Å². The highest BCUT2D eigenvalue weighted by atomic mass is 32.2. The largest absolute Gasteiger partial charge is 0.366 e. The average Bonchev–Trinajstić information content (AvgIpc) is 3.13. The highest BCUT2D eigenvalue weighted by Gasteiger charge is 2.52. The molecule has 2 aliphatic rings. The fraction of sp³-hybridized carbons (Fsp3) is 0.273. The Morgan fingerprint density at radius 2 is 1.76 bits per heavy atom. The van der Waals surface area contributed by atoms with Crippen LogP contribution in [0.1, 0.15) is 18.4 Å². The van der Waals surface area contributed by atoms with Crippen molar-refractivity contribution in [3.8, 4) is 0 Å². The zero-order valence-electron chi connectivity index (χ0n) is 18.2. The zero-order valence-corrected chi connectivity index (χ0v) is 19.1. The minimum atomic E-state index is -3.52. The molecule has 3 atom stereocenters. The molecule has 4 N–H and O–H groups in total. The van der Waals surface area contributed by atoms with Gasteiger partial charge in [-0.05, 0) is 30.7 Å². The number of carbonyl (C=O) groups is 2. The van der Waals surface area contributed by atoms with Crippen molar-refractivity contribution in [1.82, 2.24) is 15.8 Å². The monoisotopic (exact) mass is 491 g/mol. The first-order chi connectivity index (χ1) is 16.0. The highest BCUT2D eigenvalue weighted by Crippen LogP contribution is 2.37. The number of amides is 2. The summed E-state index contributed by atoms with van der Waals surface area (Å²) in [5, 5.41) is 6.64. The number of hydrazine groups is 1. The summed E-state index contributed by atoms with van der Waals surface area (Å²) >= 11 is 0. The van der Waals surface area contributed by atoms with Gasteiger partial charge in [-0.15, -0.1) is 0 Å². The lowest BCUT2D eigenvalue weighted by Gasteiger charge is -2.34. The Kier molecular flexibility index (Phi) is 6.28. The third kappa shape index (κ3) is 4.73. The number of benzene rings is 2. The average molecular weight is 492 g/mol. The van der Waals surface area contributed by atoms with E-state index in [1.54, 1.807) is 30.3 Å². The number of allylic oxidation sites excluding steroid dienone is 1. The van der Waals surface area contributed by atoms with E-state index >= 15 is 0 Å². The van der Waals surface area contributed by atoms with Crippen molar-refractivity contribution >= 4 is 33.2 Å². The van der Waals surface area contributed by atoms with E-state index < -0.39 is 46.4 Å². The van der Waals surface area contributed by atoms with Crippen molar-refractivity contribution in [3.05, 3.63) is 71.4 Å². The molecule has 2 amide bonds. The second kappa shape index (κ2) is 9.03. The number of halogens is 2. The zero-order chi connectivity index (χ0) is 24.6. The van der Waals surface area contributed by atoms with Crippen molar-refractivity contribution in [3.63, 3.8) is 0 Å². The Hall–Kier alpha value is -3.51. The summed E-state index contributed by atoms with van der Waals surface area (Å²) in [5.41, 5.74) is 3.68. The van der Waals surface area contributed by atoms with E-state index in [2.05, 4.69) is 20.8 Å². The number of nitrogens with one attached hydrogen (secondary N) is 4. The fourth-order valence-corrected chi connectivity index (χ4v) is 4.76. The van der Waals surface area contributed by atoms with Gasteiger partial charge in [0.25, 0.3) is 18.2 Å². The van der Waals surface area contributed by atoms with Gasteiger partial charge in [-0.25, -0.2) is 27.6 Å². The molecule has 0 bridgehead atoms. The van der Waals surface area contributed by atoms with Crippen molar-refractivity contribution in [1.29, 1.82) is 0 Å². The molecule has 1 saturated heterocycles. The van der Waals surface area contributed by atoms with Crippen LogP contribution >= 0.6 is 0 Å². The number of anilines is 2. The molecule has 9 nitrogen and oxygen atoms in total. The maximum atomic E-state index is 13.9. The normalized spacial score (nSPS) is 22.4. The molecule has 0 spiro atoms. The van der Waals surface area contributed by atoms with Gasteiger partial charge in [0.1, 0.15) is 11.7 Å². The second-order valence-corrected chi connectivity index (χ2v) is 9.85. The summed E-state index contributed by atoms with van der Waals surface area (Å²) in [6, 6.07) is 13.3. The minimum Gasteiger partial charge on any atom is -0.366 e. The maximum absolute atomic E-state index is 13.9. The second-order valence-electron chi connectivity index (χ2n) is 8.10. The standard InChI is InChI=1S/C22H23F2N5O4S/c1-12-16(21(30)26-14-9-6-10-15(11-14)28-34(2,32)33)22(31)29-20(25-12)17(18(27-29)19(23)24)13-7-4-3-5-8-13/h3-11,17-20,25,27-28H,1-2H3,(H,26,30). The van der Waals surface area contributed by atoms with Gasteiger partial charge in [0.05, 0.1) is 18.0 Å². The van der Waals surface area contributed by atoms with E-state index in [0.29, 0.717) is 5.56 Å². The summed E-state index contributed by atoms with van der Waals surface area (Å²) in [4.78, 5) is 26.2. The fourth-order valence-electron chi connectivity index (χ4n) is 4.21. The number of fused-ring (bicyclic) bond motifs is 1. The summed E-state index contributed by atoms with van der Waals surface area (Å²) in [5.74, 6) is -2.25. The topological polar surface area (TPSA) is 120 Å². The van der Waals surface area contributed by atoms with Gasteiger partial charge in [-0.3, -0.25) is 14.3 Å². The quantitative estimate of drug-likeness (QED) is 0.459. The van der Waals surface area contributed by atoms with E-state index in [4.69, 9.17) is 0 Å². The summed E-state index contributed by atoms with van der Waals surface area (Å²) < 4.78 is 52.9. The van der Waals surface area contributed by atoms with Gasteiger partial charge in [-0.2, -0.15) is 0 Å². The highest BCUT2D eigenvalue weighted by molar-refractivity contribution is 7.92. The Morgan fingerprint density at radius 3 is 2.41 bits per heavy atom. The molecule has 0 saturated carbocycles. The molecule has 34 heavy (non-hydrogen) atoms. The predicted octanol–water partition coefficient (Wildman–Crippen LogP) is 1.96. The molecule has 2 aromatic rings. The van der Waals surface area contributed by atoms with Crippen molar-refractivity contribution in [2.75, 3.05) is 16.3 Å². The first-order valence-electron chi connectivity index (χ1n) is 10.3. The number of hydrogen-bond donors (Lipinski definition) is 4. The Balaban J connectivity index is 1.59. The van der Waals surface area contributed by atoms with Crippen LogP contribution in [-0.2, 0) is 19.6 Å². The van der Waals surface area contributed by atoms with Gasteiger partial charge in [0, 0.05) is 17.3 Å². The number of nitrogens with zero attached hydrogens (tertiary/aromatic N) is 1. The van der Waals surface area contributed by atoms with Crippen LogP contribution in [0.15, 0.2) is 65.9 Å². The minimum absolute atomic E-state index is 0.228.